The van der Waals surface area contributed by atoms with Crippen molar-refractivity contribution in [1.29, 1.82) is 0 Å². The lowest BCUT2D eigenvalue weighted by Gasteiger charge is -2.05. The molecule has 2 aromatic heterocycles. The molecule has 0 aliphatic rings. The van der Waals surface area contributed by atoms with Crippen LogP contribution in [-0.2, 0) is 12.3 Å². The summed E-state index contributed by atoms with van der Waals surface area (Å²) in [6.07, 6.45) is 0. The number of hydrogen-bond acceptors (Lipinski definition) is 6. The molecule has 140 valence electrons. The van der Waals surface area contributed by atoms with Gasteiger partial charge in [0.2, 0.25) is 5.89 Å². The summed E-state index contributed by atoms with van der Waals surface area (Å²) in [5, 5.41) is 12.6. The molecule has 28 heavy (non-hydrogen) atoms. The van der Waals surface area contributed by atoms with E-state index in [4.69, 9.17) is 4.42 Å². The Kier molecular flexibility index (Phi) is 5.29. The van der Waals surface area contributed by atoms with Crippen molar-refractivity contribution in [1.82, 2.24) is 20.0 Å². The monoisotopic (exact) mass is 394 g/mol. The van der Waals surface area contributed by atoms with E-state index in [1.54, 1.807) is 24.3 Å². The third-order valence-electron chi connectivity index (χ3n) is 3.98. The van der Waals surface area contributed by atoms with Gasteiger partial charge in [0.05, 0.1) is 5.69 Å². The van der Waals surface area contributed by atoms with Crippen LogP contribution in [0.2, 0.25) is 0 Å². The summed E-state index contributed by atoms with van der Waals surface area (Å²) < 4.78 is 20.5. The van der Waals surface area contributed by atoms with Crippen LogP contribution in [-0.4, -0.2) is 20.0 Å². The van der Waals surface area contributed by atoms with E-state index in [1.807, 2.05) is 30.3 Å². The number of nitrogens with zero attached hydrogens (tertiary/aromatic N) is 4. The average Bonchev–Trinajstić information content (AvgIpc) is 3.17. The number of benzene rings is 2. The highest BCUT2D eigenvalue weighted by atomic mass is 32.2. The minimum absolute atomic E-state index is 0.0623. The SMILES string of the molecule is O=c1ccc(-c2ccccc2)nn1Cc1nnc(SCc2ccccc2F)o1. The Morgan fingerprint density at radius 1 is 0.964 bits per heavy atom. The van der Waals surface area contributed by atoms with E-state index >= 15 is 0 Å². The summed E-state index contributed by atoms with van der Waals surface area (Å²) in [5.41, 5.74) is 1.87. The summed E-state index contributed by atoms with van der Waals surface area (Å²) in [5.74, 6) is 0.356. The van der Waals surface area contributed by atoms with Crippen LogP contribution < -0.4 is 5.56 Å². The van der Waals surface area contributed by atoms with Crippen molar-refractivity contribution in [2.45, 2.75) is 17.5 Å². The number of rotatable bonds is 6. The van der Waals surface area contributed by atoms with Crippen molar-refractivity contribution in [2.75, 3.05) is 0 Å². The Balaban J connectivity index is 1.48. The van der Waals surface area contributed by atoms with Gasteiger partial charge in [-0.15, -0.1) is 10.2 Å². The second-order valence-electron chi connectivity index (χ2n) is 5.92. The van der Waals surface area contributed by atoms with E-state index in [0.717, 1.165) is 5.56 Å². The van der Waals surface area contributed by atoms with Gasteiger partial charge in [-0.25, -0.2) is 9.07 Å². The lowest BCUT2D eigenvalue weighted by atomic mass is 10.1. The molecule has 0 bridgehead atoms. The molecule has 0 aliphatic heterocycles. The van der Waals surface area contributed by atoms with Crippen LogP contribution in [0.25, 0.3) is 11.3 Å². The molecule has 0 radical (unpaired) electrons. The fraction of sp³-hybridized carbons (Fsp3) is 0.100. The van der Waals surface area contributed by atoms with Crippen molar-refractivity contribution >= 4 is 11.8 Å². The molecule has 6 nitrogen and oxygen atoms in total. The highest BCUT2D eigenvalue weighted by Gasteiger charge is 2.11. The number of thioether (sulfide) groups is 1. The molecule has 0 saturated heterocycles. The molecule has 0 saturated carbocycles. The molecule has 4 aromatic rings. The van der Waals surface area contributed by atoms with Gasteiger partial charge in [0.1, 0.15) is 12.4 Å². The normalized spacial score (nSPS) is 10.9. The van der Waals surface area contributed by atoms with Crippen LogP contribution in [0.1, 0.15) is 11.5 Å². The van der Waals surface area contributed by atoms with Gasteiger partial charge in [-0.2, -0.15) is 5.10 Å². The van der Waals surface area contributed by atoms with Crippen molar-refractivity contribution in [3.05, 3.63) is 94.4 Å². The molecule has 0 atom stereocenters. The minimum Gasteiger partial charge on any atom is -0.414 e. The van der Waals surface area contributed by atoms with Crippen LogP contribution in [0.3, 0.4) is 0 Å². The first kappa shape index (κ1) is 18.1. The molecule has 0 fully saturated rings. The maximum absolute atomic E-state index is 13.7. The van der Waals surface area contributed by atoms with Gasteiger partial charge >= 0.3 is 0 Å². The van der Waals surface area contributed by atoms with Crippen molar-refractivity contribution in [3.63, 3.8) is 0 Å². The molecular weight excluding hydrogens is 379 g/mol. The van der Waals surface area contributed by atoms with Gasteiger partial charge in [0.15, 0.2) is 0 Å². The predicted octanol–water partition coefficient (Wildman–Crippen LogP) is 3.77. The third kappa shape index (κ3) is 4.17. The van der Waals surface area contributed by atoms with Crippen molar-refractivity contribution in [2.24, 2.45) is 0 Å². The Labute approximate surface area is 164 Å². The van der Waals surface area contributed by atoms with Crippen LogP contribution in [0.4, 0.5) is 4.39 Å². The van der Waals surface area contributed by atoms with E-state index in [1.165, 1.54) is 28.6 Å². The molecule has 0 N–H and O–H groups in total. The van der Waals surface area contributed by atoms with Gasteiger partial charge in [0, 0.05) is 17.4 Å². The summed E-state index contributed by atoms with van der Waals surface area (Å²) in [6, 6.07) is 19.2. The fourth-order valence-corrected chi connectivity index (χ4v) is 3.34. The van der Waals surface area contributed by atoms with Crippen molar-refractivity contribution in [3.8, 4) is 11.3 Å². The van der Waals surface area contributed by atoms with E-state index < -0.39 is 0 Å². The Hall–Kier alpha value is -3.26. The van der Waals surface area contributed by atoms with Crippen LogP contribution >= 0.6 is 11.8 Å². The molecule has 0 unspecified atom stereocenters. The Morgan fingerprint density at radius 3 is 2.57 bits per heavy atom. The van der Waals surface area contributed by atoms with Gasteiger partial charge in [0.25, 0.3) is 10.8 Å². The zero-order valence-electron chi connectivity index (χ0n) is 14.7. The average molecular weight is 394 g/mol. The number of halogens is 1. The lowest BCUT2D eigenvalue weighted by molar-refractivity contribution is 0.394. The molecule has 0 spiro atoms. The largest absolute Gasteiger partial charge is 0.414 e. The van der Waals surface area contributed by atoms with Gasteiger partial charge in [-0.3, -0.25) is 4.79 Å². The second-order valence-corrected chi connectivity index (χ2v) is 6.85. The molecule has 4 rings (SSSR count). The smallest absolute Gasteiger partial charge is 0.276 e. The maximum Gasteiger partial charge on any atom is 0.276 e. The van der Waals surface area contributed by atoms with E-state index in [-0.39, 0.29) is 23.8 Å². The molecule has 0 aliphatic carbocycles. The topological polar surface area (TPSA) is 73.8 Å². The summed E-state index contributed by atoms with van der Waals surface area (Å²) in [6.45, 7) is 0.0623. The summed E-state index contributed by atoms with van der Waals surface area (Å²) >= 11 is 1.24. The first-order chi connectivity index (χ1) is 13.7. The van der Waals surface area contributed by atoms with E-state index in [2.05, 4.69) is 15.3 Å². The van der Waals surface area contributed by atoms with Crippen LogP contribution in [0, 0.1) is 5.82 Å². The third-order valence-corrected chi connectivity index (χ3v) is 4.85. The molecule has 0 amide bonds. The first-order valence-corrected chi connectivity index (χ1v) is 9.50. The Morgan fingerprint density at radius 2 is 1.75 bits per heavy atom. The first-order valence-electron chi connectivity index (χ1n) is 8.51. The molecular formula is C20H15FN4O2S. The highest BCUT2D eigenvalue weighted by Crippen LogP contribution is 2.23. The van der Waals surface area contributed by atoms with Crippen LogP contribution in [0.5, 0.6) is 0 Å². The van der Waals surface area contributed by atoms with Gasteiger partial charge in [-0.05, 0) is 17.7 Å². The molecule has 8 heteroatoms. The highest BCUT2D eigenvalue weighted by molar-refractivity contribution is 7.98. The van der Waals surface area contributed by atoms with E-state index in [9.17, 15) is 9.18 Å². The predicted molar refractivity (Wildman–Crippen MR) is 103 cm³/mol. The standard InChI is InChI=1S/C20H15FN4O2S/c21-16-9-5-4-8-15(16)13-28-20-23-22-18(27-20)12-25-19(26)11-10-17(24-25)14-6-2-1-3-7-14/h1-11H,12-13H2. The minimum atomic E-state index is -0.275. The van der Waals surface area contributed by atoms with E-state index in [0.29, 0.717) is 22.2 Å². The maximum atomic E-state index is 13.7. The van der Waals surface area contributed by atoms with Crippen LogP contribution in [0.15, 0.2) is 81.2 Å². The van der Waals surface area contributed by atoms with Gasteiger partial charge < -0.3 is 4.42 Å². The van der Waals surface area contributed by atoms with Crippen molar-refractivity contribution < 1.29 is 8.81 Å². The lowest BCUT2D eigenvalue weighted by Crippen LogP contribution is -2.23. The Bertz CT molecular complexity index is 1140. The zero-order chi connectivity index (χ0) is 19.3. The molecule has 2 heterocycles. The number of hydrogen-bond donors (Lipinski definition) is 0. The molecule has 2 aromatic carbocycles. The quantitative estimate of drug-likeness (QED) is 0.464. The zero-order valence-corrected chi connectivity index (χ0v) is 15.5. The second kappa shape index (κ2) is 8.18. The van der Waals surface area contributed by atoms with Gasteiger partial charge in [-0.1, -0.05) is 60.3 Å². The number of aromatic nitrogens is 4. The fourth-order valence-electron chi connectivity index (χ4n) is 2.57. The summed E-state index contributed by atoms with van der Waals surface area (Å²) in [4.78, 5) is 12.1. The summed E-state index contributed by atoms with van der Waals surface area (Å²) in [7, 11) is 0.